The predicted octanol–water partition coefficient (Wildman–Crippen LogP) is 0.952. The first-order valence-electron chi connectivity index (χ1n) is 3.68. The van der Waals surface area contributed by atoms with Crippen molar-refractivity contribution < 1.29 is 18.7 Å². The quantitative estimate of drug-likeness (QED) is 0.664. The van der Waals surface area contributed by atoms with Crippen molar-refractivity contribution in [1.82, 2.24) is 5.32 Å². The van der Waals surface area contributed by atoms with E-state index in [1.807, 2.05) is 13.8 Å². The number of hydrogen-bond donors (Lipinski definition) is 2. The molecule has 0 aliphatic rings. The number of carbonyl (C=O) groups is 1. The average Bonchev–Trinajstić information content (AvgIpc) is 1.85. The zero-order valence-electron chi connectivity index (χ0n) is 7.10. The molecule has 5 heteroatoms. The third-order valence-electron chi connectivity index (χ3n) is 1.21. The molecular weight excluding hydrogens is 168 g/mol. The summed E-state index contributed by atoms with van der Waals surface area (Å²) in [4.78, 5) is 9.91. The molecule has 0 aliphatic carbocycles. The summed E-state index contributed by atoms with van der Waals surface area (Å²) < 4.78 is 24.7. The summed E-state index contributed by atoms with van der Waals surface area (Å²) in [7, 11) is 0. The van der Waals surface area contributed by atoms with Gasteiger partial charge in [0.1, 0.15) is 0 Å². The van der Waals surface area contributed by atoms with Gasteiger partial charge in [0.05, 0.1) is 6.54 Å². The highest BCUT2D eigenvalue weighted by atomic mass is 19.3. The number of halogens is 2. The van der Waals surface area contributed by atoms with Gasteiger partial charge in [-0.3, -0.25) is 0 Å². The molecule has 0 unspecified atom stereocenters. The van der Waals surface area contributed by atoms with Crippen LogP contribution < -0.4 is 5.32 Å². The van der Waals surface area contributed by atoms with E-state index in [1.54, 1.807) is 0 Å². The molecule has 0 heterocycles. The van der Waals surface area contributed by atoms with E-state index in [1.165, 1.54) is 0 Å². The second-order valence-corrected chi connectivity index (χ2v) is 3.03. The highest BCUT2D eigenvalue weighted by Crippen LogP contribution is 2.11. The van der Waals surface area contributed by atoms with Gasteiger partial charge < -0.3 is 10.4 Å². The van der Waals surface area contributed by atoms with Crippen LogP contribution in [0.1, 0.15) is 13.8 Å². The Labute approximate surface area is 69.8 Å². The van der Waals surface area contributed by atoms with Crippen LogP contribution in [0.25, 0.3) is 0 Å². The molecule has 0 bridgehead atoms. The normalized spacial score (nSPS) is 12.1. The van der Waals surface area contributed by atoms with Gasteiger partial charge in [0, 0.05) is 0 Å². The molecule has 72 valence electrons. The Hall–Kier alpha value is -0.710. The maximum atomic E-state index is 12.3. The van der Waals surface area contributed by atoms with E-state index in [0.29, 0.717) is 6.54 Å². The molecule has 0 aromatic heterocycles. The molecule has 0 atom stereocenters. The van der Waals surface area contributed by atoms with Gasteiger partial charge in [0.15, 0.2) is 0 Å². The topological polar surface area (TPSA) is 49.3 Å². The Morgan fingerprint density at radius 3 is 2.42 bits per heavy atom. The van der Waals surface area contributed by atoms with E-state index in [2.05, 4.69) is 5.32 Å². The molecule has 2 N–H and O–H groups in total. The van der Waals surface area contributed by atoms with Crippen molar-refractivity contribution in [1.29, 1.82) is 0 Å². The van der Waals surface area contributed by atoms with Crippen LogP contribution in [0.15, 0.2) is 0 Å². The van der Waals surface area contributed by atoms with Crippen LogP contribution in [0.5, 0.6) is 0 Å². The summed E-state index contributed by atoms with van der Waals surface area (Å²) in [5, 5.41) is 10.4. The summed E-state index contributed by atoms with van der Waals surface area (Å²) in [5.41, 5.74) is 0. The fourth-order valence-corrected chi connectivity index (χ4v) is 0.593. The van der Waals surface area contributed by atoms with Crippen molar-refractivity contribution in [2.75, 3.05) is 13.1 Å². The van der Waals surface area contributed by atoms with Crippen LogP contribution >= 0.6 is 0 Å². The first-order chi connectivity index (χ1) is 5.36. The van der Waals surface area contributed by atoms with Crippen molar-refractivity contribution >= 4 is 5.97 Å². The fraction of sp³-hybridized carbons (Fsp3) is 0.857. The fourth-order valence-electron chi connectivity index (χ4n) is 0.593. The molecule has 0 aromatic rings. The lowest BCUT2D eigenvalue weighted by atomic mass is 10.2. The number of carboxylic acids is 1. The lowest BCUT2D eigenvalue weighted by Crippen LogP contribution is -2.40. The molecule has 0 spiro atoms. The lowest BCUT2D eigenvalue weighted by molar-refractivity contribution is -0.164. The Morgan fingerprint density at radius 1 is 1.58 bits per heavy atom. The van der Waals surface area contributed by atoms with Crippen LogP contribution in [0, 0.1) is 5.92 Å². The van der Waals surface area contributed by atoms with Gasteiger partial charge in [-0.15, -0.1) is 0 Å². The summed E-state index contributed by atoms with van der Waals surface area (Å²) >= 11 is 0. The number of alkyl halides is 2. The number of aliphatic carboxylic acids is 1. The van der Waals surface area contributed by atoms with Gasteiger partial charge in [-0.2, -0.15) is 8.78 Å². The smallest absolute Gasteiger partial charge is 0.375 e. The molecule has 0 aliphatic heterocycles. The summed E-state index contributed by atoms with van der Waals surface area (Å²) in [6.45, 7) is 3.29. The summed E-state index contributed by atoms with van der Waals surface area (Å²) in [5.74, 6) is -5.51. The zero-order chi connectivity index (χ0) is 9.78. The van der Waals surface area contributed by atoms with Crippen LogP contribution in [-0.4, -0.2) is 30.1 Å². The Bertz CT molecular complexity index is 159. The van der Waals surface area contributed by atoms with Crippen molar-refractivity contribution in [3.63, 3.8) is 0 Å². The van der Waals surface area contributed by atoms with E-state index >= 15 is 0 Å². The van der Waals surface area contributed by atoms with Gasteiger partial charge in [-0.05, 0) is 12.5 Å². The SMILES string of the molecule is CC(C)CNCC(F)(F)C(=O)O. The summed E-state index contributed by atoms with van der Waals surface area (Å²) in [6, 6.07) is 0. The molecule has 12 heavy (non-hydrogen) atoms. The minimum absolute atomic E-state index is 0.231. The zero-order valence-corrected chi connectivity index (χ0v) is 7.10. The number of nitrogens with one attached hydrogen (secondary N) is 1. The molecule has 0 fully saturated rings. The van der Waals surface area contributed by atoms with Gasteiger partial charge >= 0.3 is 11.9 Å². The largest absolute Gasteiger partial charge is 0.477 e. The minimum Gasteiger partial charge on any atom is -0.477 e. The maximum Gasteiger partial charge on any atom is 0.375 e. The van der Waals surface area contributed by atoms with Crippen molar-refractivity contribution in [2.24, 2.45) is 5.92 Å². The van der Waals surface area contributed by atoms with E-state index in [-0.39, 0.29) is 5.92 Å². The van der Waals surface area contributed by atoms with Gasteiger partial charge in [0.25, 0.3) is 0 Å². The van der Waals surface area contributed by atoms with Crippen LogP contribution in [0.3, 0.4) is 0 Å². The number of carboxylic acid groups (broad SMARTS) is 1. The molecule has 0 amide bonds. The molecule has 0 saturated heterocycles. The standard InChI is InChI=1S/C7H13F2NO2/c1-5(2)3-10-4-7(8,9)6(11)12/h5,10H,3-4H2,1-2H3,(H,11,12). The van der Waals surface area contributed by atoms with Crippen molar-refractivity contribution in [3.8, 4) is 0 Å². The van der Waals surface area contributed by atoms with Crippen LogP contribution in [-0.2, 0) is 4.79 Å². The number of rotatable bonds is 5. The molecule has 3 nitrogen and oxygen atoms in total. The Kier molecular flexibility index (Phi) is 4.09. The maximum absolute atomic E-state index is 12.3. The summed E-state index contributed by atoms with van der Waals surface area (Å²) in [6.07, 6.45) is 0. The average molecular weight is 181 g/mol. The first kappa shape index (κ1) is 11.3. The molecule has 0 saturated carbocycles. The minimum atomic E-state index is -3.66. The molecular formula is C7H13F2NO2. The van der Waals surface area contributed by atoms with Gasteiger partial charge in [-0.25, -0.2) is 4.79 Å². The first-order valence-corrected chi connectivity index (χ1v) is 3.68. The molecule has 0 rings (SSSR count). The Balaban J connectivity index is 3.69. The van der Waals surface area contributed by atoms with Crippen molar-refractivity contribution in [3.05, 3.63) is 0 Å². The second-order valence-electron chi connectivity index (χ2n) is 3.03. The number of hydrogen-bond acceptors (Lipinski definition) is 2. The van der Waals surface area contributed by atoms with Crippen LogP contribution in [0.4, 0.5) is 8.78 Å². The highest BCUT2D eigenvalue weighted by Gasteiger charge is 2.37. The van der Waals surface area contributed by atoms with Crippen molar-refractivity contribution in [2.45, 2.75) is 19.8 Å². The third kappa shape index (κ3) is 4.23. The van der Waals surface area contributed by atoms with Crippen LogP contribution in [0.2, 0.25) is 0 Å². The second kappa shape index (κ2) is 4.35. The van der Waals surface area contributed by atoms with E-state index in [4.69, 9.17) is 5.11 Å². The Morgan fingerprint density at radius 2 is 2.08 bits per heavy atom. The van der Waals surface area contributed by atoms with E-state index < -0.39 is 18.4 Å². The monoisotopic (exact) mass is 181 g/mol. The van der Waals surface area contributed by atoms with Gasteiger partial charge in [-0.1, -0.05) is 13.8 Å². The predicted molar refractivity (Wildman–Crippen MR) is 40.3 cm³/mol. The van der Waals surface area contributed by atoms with Gasteiger partial charge in [0.2, 0.25) is 0 Å². The van der Waals surface area contributed by atoms with E-state index in [0.717, 1.165) is 0 Å². The van der Waals surface area contributed by atoms with E-state index in [9.17, 15) is 13.6 Å². The highest BCUT2D eigenvalue weighted by molar-refractivity contribution is 5.75. The molecule has 0 aromatic carbocycles. The molecule has 0 radical (unpaired) electrons. The third-order valence-corrected chi connectivity index (χ3v) is 1.21. The lowest BCUT2D eigenvalue weighted by Gasteiger charge is -2.12.